The number of hydrogen-bond donors (Lipinski definition) is 1. The maximum atomic E-state index is 13.2. The van der Waals surface area contributed by atoms with E-state index in [1.807, 2.05) is 18.2 Å². The van der Waals surface area contributed by atoms with E-state index in [0.29, 0.717) is 5.56 Å². The summed E-state index contributed by atoms with van der Waals surface area (Å²) in [5.41, 5.74) is 1.44. The van der Waals surface area contributed by atoms with E-state index in [2.05, 4.69) is 4.98 Å². The molecule has 20 heavy (non-hydrogen) atoms. The van der Waals surface area contributed by atoms with Gasteiger partial charge in [0.25, 0.3) is 0 Å². The number of nitrogens with zero attached hydrogens (tertiary/aromatic N) is 1. The van der Waals surface area contributed by atoms with Crippen LogP contribution in [-0.4, -0.2) is 10.1 Å². The van der Waals surface area contributed by atoms with Gasteiger partial charge >= 0.3 is 0 Å². The van der Waals surface area contributed by atoms with Gasteiger partial charge in [-0.25, -0.2) is 8.78 Å². The fourth-order valence-corrected chi connectivity index (χ4v) is 2.18. The van der Waals surface area contributed by atoms with E-state index in [4.69, 9.17) is 0 Å². The first kappa shape index (κ1) is 12.7. The molecule has 3 aromatic rings. The fraction of sp³-hybridized carbons (Fsp3) is 0.0625. The van der Waals surface area contributed by atoms with Crippen molar-refractivity contribution >= 4 is 10.9 Å². The van der Waals surface area contributed by atoms with Crippen LogP contribution in [0, 0.1) is 11.6 Å². The maximum Gasteiger partial charge on any atom is 0.126 e. The molecule has 0 aliphatic heterocycles. The van der Waals surface area contributed by atoms with Crippen LogP contribution >= 0.6 is 0 Å². The molecule has 0 bridgehead atoms. The van der Waals surface area contributed by atoms with Gasteiger partial charge in [0.1, 0.15) is 17.7 Å². The lowest BCUT2D eigenvalue weighted by Gasteiger charge is -2.12. The molecule has 3 rings (SSSR count). The van der Waals surface area contributed by atoms with E-state index in [1.54, 1.807) is 18.3 Å². The smallest absolute Gasteiger partial charge is 0.126 e. The van der Waals surface area contributed by atoms with E-state index in [9.17, 15) is 13.9 Å². The summed E-state index contributed by atoms with van der Waals surface area (Å²) in [4.78, 5) is 4.19. The number of halogens is 2. The Morgan fingerprint density at radius 3 is 2.40 bits per heavy atom. The molecule has 1 N–H and O–H groups in total. The van der Waals surface area contributed by atoms with Crippen molar-refractivity contribution in [3.8, 4) is 0 Å². The minimum absolute atomic E-state index is 0.179. The minimum Gasteiger partial charge on any atom is -0.384 e. The summed E-state index contributed by atoms with van der Waals surface area (Å²) >= 11 is 0. The lowest BCUT2D eigenvalue weighted by Crippen LogP contribution is -2.01. The molecule has 100 valence electrons. The van der Waals surface area contributed by atoms with E-state index >= 15 is 0 Å². The molecule has 1 aromatic heterocycles. The Kier molecular flexibility index (Phi) is 3.16. The highest BCUT2D eigenvalue weighted by Crippen LogP contribution is 2.25. The third-order valence-corrected chi connectivity index (χ3v) is 3.15. The average Bonchev–Trinajstić information content (AvgIpc) is 2.45. The topological polar surface area (TPSA) is 33.1 Å². The monoisotopic (exact) mass is 271 g/mol. The summed E-state index contributed by atoms with van der Waals surface area (Å²) in [5, 5.41) is 11.2. The number of pyridine rings is 1. The summed E-state index contributed by atoms with van der Waals surface area (Å²) in [6, 6.07) is 12.0. The van der Waals surface area contributed by atoms with Gasteiger partial charge in [-0.1, -0.05) is 18.2 Å². The molecule has 1 heterocycles. The Morgan fingerprint density at radius 2 is 1.65 bits per heavy atom. The number of aromatic nitrogens is 1. The normalized spacial score (nSPS) is 12.6. The van der Waals surface area contributed by atoms with E-state index < -0.39 is 17.7 Å². The molecule has 0 spiro atoms. The standard InChI is InChI=1S/C16H11F2NO/c17-13-6-12(7-14(18)9-13)16(20)11-4-3-10-2-1-5-19-15(10)8-11/h1-9,16,20H. The van der Waals surface area contributed by atoms with Crippen LogP contribution in [0.15, 0.2) is 54.7 Å². The molecule has 2 aromatic carbocycles. The van der Waals surface area contributed by atoms with Crippen LogP contribution in [0.1, 0.15) is 17.2 Å². The number of aliphatic hydroxyl groups excluding tert-OH is 1. The highest BCUT2D eigenvalue weighted by Gasteiger charge is 2.13. The van der Waals surface area contributed by atoms with Crippen LogP contribution in [0.3, 0.4) is 0 Å². The number of hydrogen-bond acceptors (Lipinski definition) is 2. The molecule has 0 aliphatic rings. The summed E-state index contributed by atoms with van der Waals surface area (Å²) in [6.45, 7) is 0. The first-order chi connectivity index (χ1) is 9.63. The number of fused-ring (bicyclic) bond motifs is 1. The van der Waals surface area contributed by atoms with Crippen molar-refractivity contribution < 1.29 is 13.9 Å². The van der Waals surface area contributed by atoms with Crippen LogP contribution < -0.4 is 0 Å². The average molecular weight is 271 g/mol. The lowest BCUT2D eigenvalue weighted by atomic mass is 10.00. The summed E-state index contributed by atoms with van der Waals surface area (Å²) in [7, 11) is 0. The molecule has 4 heteroatoms. The summed E-state index contributed by atoms with van der Waals surface area (Å²) in [6.07, 6.45) is 0.562. The van der Waals surface area contributed by atoms with Crippen LogP contribution in [0.4, 0.5) is 8.78 Å². The van der Waals surface area contributed by atoms with Crippen LogP contribution in [0.5, 0.6) is 0 Å². The third kappa shape index (κ3) is 2.38. The molecule has 1 atom stereocenters. The van der Waals surface area contributed by atoms with Gasteiger partial charge in [-0.3, -0.25) is 4.98 Å². The molecule has 0 saturated carbocycles. The number of aliphatic hydroxyl groups is 1. The van der Waals surface area contributed by atoms with Gasteiger partial charge in [-0.05, 0) is 35.4 Å². The van der Waals surface area contributed by atoms with Gasteiger partial charge in [0, 0.05) is 17.6 Å². The van der Waals surface area contributed by atoms with Crippen molar-refractivity contribution in [3.05, 3.63) is 77.5 Å². The molecule has 2 nitrogen and oxygen atoms in total. The molecule has 0 amide bonds. The number of rotatable bonds is 2. The zero-order valence-electron chi connectivity index (χ0n) is 10.4. The van der Waals surface area contributed by atoms with Gasteiger partial charge < -0.3 is 5.11 Å². The summed E-state index contributed by atoms with van der Waals surface area (Å²) in [5.74, 6) is -1.42. The lowest BCUT2D eigenvalue weighted by molar-refractivity contribution is 0.219. The Bertz CT molecular complexity index is 753. The Balaban J connectivity index is 2.05. The largest absolute Gasteiger partial charge is 0.384 e. The fourth-order valence-electron chi connectivity index (χ4n) is 2.18. The van der Waals surface area contributed by atoms with E-state index in [-0.39, 0.29) is 5.56 Å². The zero-order valence-corrected chi connectivity index (χ0v) is 10.4. The van der Waals surface area contributed by atoms with Crippen LogP contribution in [0.2, 0.25) is 0 Å². The van der Waals surface area contributed by atoms with E-state index in [0.717, 1.165) is 29.1 Å². The molecule has 0 saturated heterocycles. The molecule has 0 radical (unpaired) electrons. The second-order valence-electron chi connectivity index (χ2n) is 4.56. The van der Waals surface area contributed by atoms with Crippen molar-refractivity contribution in [1.29, 1.82) is 0 Å². The maximum absolute atomic E-state index is 13.2. The van der Waals surface area contributed by atoms with Crippen molar-refractivity contribution in [1.82, 2.24) is 4.98 Å². The highest BCUT2D eigenvalue weighted by molar-refractivity contribution is 5.79. The predicted octanol–water partition coefficient (Wildman–Crippen LogP) is 3.59. The molecule has 0 fully saturated rings. The molecular formula is C16H11F2NO. The second-order valence-corrected chi connectivity index (χ2v) is 4.56. The van der Waals surface area contributed by atoms with Gasteiger partial charge in [-0.15, -0.1) is 0 Å². The van der Waals surface area contributed by atoms with Crippen molar-refractivity contribution in [2.24, 2.45) is 0 Å². The third-order valence-electron chi connectivity index (χ3n) is 3.15. The van der Waals surface area contributed by atoms with Crippen LogP contribution in [-0.2, 0) is 0 Å². The Labute approximate surface area is 114 Å². The van der Waals surface area contributed by atoms with Gasteiger partial charge in [0.15, 0.2) is 0 Å². The van der Waals surface area contributed by atoms with Gasteiger partial charge in [-0.2, -0.15) is 0 Å². The van der Waals surface area contributed by atoms with Crippen molar-refractivity contribution in [3.63, 3.8) is 0 Å². The van der Waals surface area contributed by atoms with Crippen molar-refractivity contribution in [2.45, 2.75) is 6.10 Å². The highest BCUT2D eigenvalue weighted by atomic mass is 19.1. The van der Waals surface area contributed by atoms with Crippen LogP contribution in [0.25, 0.3) is 10.9 Å². The number of benzene rings is 2. The van der Waals surface area contributed by atoms with E-state index in [1.165, 1.54) is 0 Å². The molecule has 0 aliphatic carbocycles. The van der Waals surface area contributed by atoms with Crippen molar-refractivity contribution in [2.75, 3.05) is 0 Å². The minimum atomic E-state index is -1.09. The predicted molar refractivity (Wildman–Crippen MR) is 72.2 cm³/mol. The Morgan fingerprint density at radius 1 is 0.900 bits per heavy atom. The van der Waals surface area contributed by atoms with Gasteiger partial charge in [0.2, 0.25) is 0 Å². The summed E-state index contributed by atoms with van der Waals surface area (Å²) < 4.78 is 26.4. The van der Waals surface area contributed by atoms with Gasteiger partial charge in [0.05, 0.1) is 5.52 Å². The first-order valence-corrected chi connectivity index (χ1v) is 6.12. The Hall–Kier alpha value is -2.33. The SMILES string of the molecule is OC(c1cc(F)cc(F)c1)c1ccc2cccnc2c1. The second kappa shape index (κ2) is 4.98. The first-order valence-electron chi connectivity index (χ1n) is 6.12. The molecular weight excluding hydrogens is 260 g/mol. The molecule has 1 unspecified atom stereocenters. The zero-order chi connectivity index (χ0) is 14.1. The quantitative estimate of drug-likeness (QED) is 0.772.